The van der Waals surface area contributed by atoms with Gasteiger partial charge in [0.15, 0.2) is 0 Å². The van der Waals surface area contributed by atoms with Crippen molar-refractivity contribution < 1.29 is 4.79 Å². The van der Waals surface area contributed by atoms with E-state index in [4.69, 9.17) is 0 Å². The van der Waals surface area contributed by atoms with Crippen molar-refractivity contribution in [2.45, 2.75) is 40.2 Å². The van der Waals surface area contributed by atoms with Crippen LogP contribution in [0.25, 0.3) is 0 Å². The zero-order valence-electron chi connectivity index (χ0n) is 13.2. The van der Waals surface area contributed by atoms with Crippen LogP contribution in [0.4, 0.5) is 0 Å². The molecule has 0 aliphatic heterocycles. The molecule has 0 aromatic heterocycles. The van der Waals surface area contributed by atoms with E-state index in [1.54, 1.807) is 0 Å². The molecule has 1 amide bonds. The molecule has 1 unspecified atom stereocenters. The third-order valence-electron chi connectivity index (χ3n) is 3.82. The Morgan fingerprint density at radius 3 is 2.19 bits per heavy atom. The molecule has 0 saturated carbocycles. The van der Waals surface area contributed by atoms with Gasteiger partial charge in [0.1, 0.15) is 0 Å². The fraction of sp³-hybridized carbons (Fsp3) is 0.316. The van der Waals surface area contributed by atoms with Crippen molar-refractivity contribution in [1.29, 1.82) is 0 Å². The van der Waals surface area contributed by atoms with Gasteiger partial charge in [-0.2, -0.15) is 0 Å². The molecular weight excluding hydrogens is 258 g/mol. The number of amides is 1. The molecule has 0 radical (unpaired) electrons. The molecule has 110 valence electrons. The first-order valence-corrected chi connectivity index (χ1v) is 7.46. The SMILES string of the molecule is CCC(NC(=O)c1ccc(C)cc1C)c1ccc(C)cc1. The second kappa shape index (κ2) is 6.57. The highest BCUT2D eigenvalue weighted by Crippen LogP contribution is 2.19. The summed E-state index contributed by atoms with van der Waals surface area (Å²) in [5, 5.41) is 3.14. The van der Waals surface area contributed by atoms with E-state index in [2.05, 4.69) is 43.4 Å². The standard InChI is InChI=1S/C19H23NO/c1-5-18(16-9-6-13(2)7-10-16)20-19(21)17-11-8-14(3)12-15(17)4/h6-12,18H,5H2,1-4H3,(H,20,21). The van der Waals surface area contributed by atoms with Crippen molar-refractivity contribution in [3.8, 4) is 0 Å². The van der Waals surface area contributed by atoms with Gasteiger partial charge >= 0.3 is 0 Å². The molecule has 2 aromatic rings. The maximum Gasteiger partial charge on any atom is 0.252 e. The lowest BCUT2D eigenvalue weighted by atomic mass is 10.0. The molecule has 0 bridgehead atoms. The van der Waals surface area contributed by atoms with Crippen LogP contribution in [0.2, 0.25) is 0 Å². The fourth-order valence-corrected chi connectivity index (χ4v) is 2.52. The van der Waals surface area contributed by atoms with Gasteiger partial charge < -0.3 is 5.32 Å². The van der Waals surface area contributed by atoms with Crippen molar-refractivity contribution >= 4 is 5.91 Å². The Bertz CT molecular complexity index is 629. The summed E-state index contributed by atoms with van der Waals surface area (Å²) in [5.74, 6) is -0.0000694. The van der Waals surface area contributed by atoms with Crippen LogP contribution in [-0.2, 0) is 0 Å². The third-order valence-corrected chi connectivity index (χ3v) is 3.82. The Morgan fingerprint density at radius 2 is 1.62 bits per heavy atom. The maximum absolute atomic E-state index is 12.5. The minimum atomic E-state index is -0.0000694. The highest BCUT2D eigenvalue weighted by Gasteiger charge is 2.15. The van der Waals surface area contributed by atoms with Crippen molar-refractivity contribution in [3.63, 3.8) is 0 Å². The molecule has 21 heavy (non-hydrogen) atoms. The molecule has 0 heterocycles. The molecule has 0 aliphatic rings. The first-order chi connectivity index (χ1) is 10.0. The van der Waals surface area contributed by atoms with E-state index in [-0.39, 0.29) is 11.9 Å². The largest absolute Gasteiger partial charge is 0.345 e. The normalized spacial score (nSPS) is 12.0. The maximum atomic E-state index is 12.5. The van der Waals surface area contributed by atoms with E-state index >= 15 is 0 Å². The summed E-state index contributed by atoms with van der Waals surface area (Å²) in [4.78, 5) is 12.5. The van der Waals surface area contributed by atoms with Crippen molar-refractivity contribution in [1.82, 2.24) is 5.32 Å². The molecule has 0 saturated heterocycles. The summed E-state index contributed by atoms with van der Waals surface area (Å²) in [5.41, 5.74) is 5.34. The smallest absolute Gasteiger partial charge is 0.252 e. The number of benzene rings is 2. The Morgan fingerprint density at radius 1 is 1.00 bits per heavy atom. The number of carbonyl (C=O) groups excluding carboxylic acids is 1. The predicted molar refractivity (Wildman–Crippen MR) is 87.6 cm³/mol. The number of carbonyl (C=O) groups is 1. The summed E-state index contributed by atoms with van der Waals surface area (Å²) in [6, 6.07) is 14.3. The first-order valence-electron chi connectivity index (χ1n) is 7.46. The summed E-state index contributed by atoms with van der Waals surface area (Å²) >= 11 is 0. The molecule has 0 fully saturated rings. The van der Waals surface area contributed by atoms with Crippen LogP contribution in [0.3, 0.4) is 0 Å². The lowest BCUT2D eigenvalue weighted by Gasteiger charge is -2.18. The quantitative estimate of drug-likeness (QED) is 0.878. The van der Waals surface area contributed by atoms with Crippen molar-refractivity contribution in [2.24, 2.45) is 0 Å². The molecule has 0 aliphatic carbocycles. The van der Waals surface area contributed by atoms with Gasteiger partial charge in [-0.1, -0.05) is 54.4 Å². The van der Waals surface area contributed by atoms with Gasteiger partial charge in [0.25, 0.3) is 5.91 Å². The van der Waals surface area contributed by atoms with Crippen molar-refractivity contribution in [3.05, 3.63) is 70.3 Å². The molecule has 0 spiro atoms. The molecule has 1 atom stereocenters. The Kier molecular flexibility index (Phi) is 4.79. The average Bonchev–Trinajstić information content (AvgIpc) is 2.45. The second-order valence-corrected chi connectivity index (χ2v) is 5.66. The molecule has 1 N–H and O–H groups in total. The Balaban J connectivity index is 2.18. The van der Waals surface area contributed by atoms with Gasteiger partial charge in [0.2, 0.25) is 0 Å². The Labute approximate surface area is 127 Å². The van der Waals surface area contributed by atoms with Crippen LogP contribution in [-0.4, -0.2) is 5.91 Å². The average molecular weight is 281 g/mol. The van der Waals surface area contributed by atoms with Gasteiger partial charge in [-0.05, 0) is 44.4 Å². The predicted octanol–water partition coefficient (Wildman–Crippen LogP) is 4.49. The topological polar surface area (TPSA) is 29.1 Å². The van der Waals surface area contributed by atoms with Gasteiger partial charge in [-0.25, -0.2) is 0 Å². The first kappa shape index (κ1) is 15.3. The second-order valence-electron chi connectivity index (χ2n) is 5.66. The zero-order chi connectivity index (χ0) is 15.4. The van der Waals surface area contributed by atoms with Crippen LogP contribution in [0.1, 0.15) is 52.0 Å². The monoisotopic (exact) mass is 281 g/mol. The van der Waals surface area contributed by atoms with Gasteiger partial charge in [-0.15, -0.1) is 0 Å². The number of nitrogens with one attached hydrogen (secondary N) is 1. The highest BCUT2D eigenvalue weighted by atomic mass is 16.1. The van der Waals surface area contributed by atoms with Gasteiger partial charge in [0, 0.05) is 5.56 Å². The van der Waals surface area contributed by atoms with Crippen LogP contribution in [0.15, 0.2) is 42.5 Å². The van der Waals surface area contributed by atoms with E-state index in [1.165, 1.54) is 11.1 Å². The highest BCUT2D eigenvalue weighted by molar-refractivity contribution is 5.95. The third kappa shape index (κ3) is 3.72. The molecular formula is C19H23NO. The van der Waals surface area contributed by atoms with E-state index in [0.717, 1.165) is 23.1 Å². The minimum absolute atomic E-state index is 0.0000694. The van der Waals surface area contributed by atoms with E-state index in [0.29, 0.717) is 0 Å². The molecule has 2 aromatic carbocycles. The van der Waals surface area contributed by atoms with Gasteiger partial charge in [0.05, 0.1) is 6.04 Å². The number of aryl methyl sites for hydroxylation is 3. The zero-order valence-corrected chi connectivity index (χ0v) is 13.2. The lowest BCUT2D eigenvalue weighted by Crippen LogP contribution is -2.28. The van der Waals surface area contributed by atoms with E-state index < -0.39 is 0 Å². The minimum Gasteiger partial charge on any atom is -0.345 e. The van der Waals surface area contributed by atoms with Gasteiger partial charge in [-0.3, -0.25) is 4.79 Å². The summed E-state index contributed by atoms with van der Waals surface area (Å²) in [6.45, 7) is 8.18. The lowest BCUT2D eigenvalue weighted by molar-refractivity contribution is 0.0935. The molecule has 2 heteroatoms. The van der Waals surface area contributed by atoms with Crippen LogP contribution < -0.4 is 5.32 Å². The summed E-state index contributed by atoms with van der Waals surface area (Å²) < 4.78 is 0. The molecule has 2 rings (SSSR count). The fourth-order valence-electron chi connectivity index (χ4n) is 2.52. The summed E-state index contributed by atoms with van der Waals surface area (Å²) in [6.07, 6.45) is 0.875. The van der Waals surface area contributed by atoms with Crippen molar-refractivity contribution in [2.75, 3.05) is 0 Å². The number of hydrogen-bond donors (Lipinski definition) is 1. The van der Waals surface area contributed by atoms with E-state index in [9.17, 15) is 4.79 Å². The Hall–Kier alpha value is -2.09. The summed E-state index contributed by atoms with van der Waals surface area (Å²) in [7, 11) is 0. The number of hydrogen-bond acceptors (Lipinski definition) is 1. The van der Waals surface area contributed by atoms with Crippen LogP contribution in [0, 0.1) is 20.8 Å². The van der Waals surface area contributed by atoms with Crippen LogP contribution >= 0.6 is 0 Å². The van der Waals surface area contributed by atoms with E-state index in [1.807, 2.05) is 32.0 Å². The number of rotatable bonds is 4. The van der Waals surface area contributed by atoms with Crippen LogP contribution in [0.5, 0.6) is 0 Å². The molecule has 2 nitrogen and oxygen atoms in total.